The zero-order chi connectivity index (χ0) is 49.2. The van der Waals surface area contributed by atoms with E-state index < -0.39 is 5.97 Å². The van der Waals surface area contributed by atoms with Crippen LogP contribution >= 0.6 is 0 Å². The number of fused-ring (bicyclic) bond motifs is 8. The van der Waals surface area contributed by atoms with E-state index in [1.54, 1.807) is 6.07 Å². The van der Waals surface area contributed by atoms with E-state index in [0.717, 1.165) is 83.6 Å². The van der Waals surface area contributed by atoms with Gasteiger partial charge < -0.3 is 44.2 Å². The van der Waals surface area contributed by atoms with Crippen molar-refractivity contribution < 1.29 is 54.5 Å². The van der Waals surface area contributed by atoms with Crippen molar-refractivity contribution in [1.29, 1.82) is 0 Å². The molecule has 0 atom stereocenters. The minimum absolute atomic E-state index is 0. The van der Waals surface area contributed by atoms with Crippen LogP contribution < -0.4 is 40.2 Å². The van der Waals surface area contributed by atoms with Crippen LogP contribution in [0.25, 0.3) is 77.3 Å². The number of carbonyl (C=O) groups excluding carboxylic acids is 1. The van der Waals surface area contributed by atoms with Gasteiger partial charge in [0.2, 0.25) is 0 Å². The minimum Gasteiger partial charge on any atom is -0.870 e. The standard InChI is InChI=1S/C32H35N3O2.C31H33N3O2.Na.H2O/c1-37-32(36)23-11-12-25-28(19-23)35-18-6-17-34-20-27(21-13-15-33-16-14-21)24-9-5-10-26(30(24)34)31(35)29(25)22-7-3-2-4-8-22;35-31(36)22-10-11-24-27(18-22)34-17-5-16-33-19-26(20-12-14-32-15-13-20)23-8-4-9-25(29(23)33)30(34)28(24)21-6-2-1-3-7-21;;/h5,9-13,19-20,22,33H,2-4,6-8,14-18H2,1H3;4,8-12,18-19,21,32H,1-3,5-7,13-17H2,(H,35,36);;1H2/q;;+1;/p-1. The maximum Gasteiger partial charge on any atom is 1.00 e. The Morgan fingerprint density at radius 2 is 1.03 bits per heavy atom. The maximum absolute atomic E-state index is 12.5. The number of ether oxygens (including phenoxy) is 1. The molecule has 0 radical (unpaired) electrons. The van der Waals surface area contributed by atoms with Crippen LogP contribution in [-0.4, -0.2) is 74.1 Å². The Morgan fingerprint density at radius 3 is 1.47 bits per heavy atom. The molecule has 0 amide bonds. The van der Waals surface area contributed by atoms with Crippen molar-refractivity contribution >= 4 is 66.7 Å². The molecule has 4 aromatic heterocycles. The van der Waals surface area contributed by atoms with E-state index in [4.69, 9.17) is 4.74 Å². The molecule has 8 heterocycles. The van der Waals surface area contributed by atoms with Crippen molar-refractivity contribution in [2.45, 2.75) is 128 Å². The summed E-state index contributed by atoms with van der Waals surface area (Å²) < 4.78 is 15.1. The first-order valence-corrected chi connectivity index (χ1v) is 27.6. The number of nitrogens with one attached hydrogen (secondary N) is 2. The van der Waals surface area contributed by atoms with Crippen LogP contribution in [0.4, 0.5) is 0 Å². The first-order chi connectivity index (χ1) is 35.9. The third-order valence-electron chi connectivity index (χ3n) is 17.6. The summed E-state index contributed by atoms with van der Waals surface area (Å²) in [6.45, 7) is 7.77. The molecule has 2 aliphatic carbocycles. The molecule has 4 aromatic carbocycles. The van der Waals surface area contributed by atoms with Crippen LogP contribution in [0, 0.1) is 0 Å². The summed E-state index contributed by atoms with van der Waals surface area (Å²) in [6.07, 6.45) is 26.5. The van der Waals surface area contributed by atoms with Gasteiger partial charge in [0.15, 0.2) is 0 Å². The van der Waals surface area contributed by atoms with E-state index in [0.29, 0.717) is 23.0 Å². The summed E-state index contributed by atoms with van der Waals surface area (Å²) in [7, 11) is 1.47. The molecule has 382 valence electrons. The number of nitrogens with zero attached hydrogens (tertiary/aromatic N) is 4. The summed E-state index contributed by atoms with van der Waals surface area (Å²) in [5, 5.41) is 22.0. The molecule has 0 bridgehead atoms. The Bertz CT molecular complexity index is 3560. The third-order valence-corrected chi connectivity index (χ3v) is 17.6. The largest absolute Gasteiger partial charge is 1.00 e. The first kappa shape index (κ1) is 51.4. The van der Waals surface area contributed by atoms with Crippen LogP contribution in [-0.2, 0) is 30.9 Å². The van der Waals surface area contributed by atoms with Gasteiger partial charge in [0.1, 0.15) is 0 Å². The molecule has 4 N–H and O–H groups in total. The van der Waals surface area contributed by atoms with Crippen LogP contribution in [0.15, 0.2) is 97.3 Å². The van der Waals surface area contributed by atoms with E-state index in [-0.39, 0.29) is 41.0 Å². The number of hydrogen-bond acceptors (Lipinski definition) is 6. The number of esters is 1. The quantitative estimate of drug-likeness (QED) is 0.111. The number of para-hydroxylation sites is 2. The number of rotatable bonds is 6. The van der Waals surface area contributed by atoms with Gasteiger partial charge in [0.25, 0.3) is 0 Å². The van der Waals surface area contributed by atoms with Gasteiger partial charge >= 0.3 is 41.5 Å². The van der Waals surface area contributed by atoms with Crippen molar-refractivity contribution in [1.82, 2.24) is 28.9 Å². The predicted molar refractivity (Wildman–Crippen MR) is 298 cm³/mol. The average molecular weight is 1010 g/mol. The maximum atomic E-state index is 12.5. The van der Waals surface area contributed by atoms with E-state index >= 15 is 0 Å². The monoisotopic (exact) mass is 1010 g/mol. The van der Waals surface area contributed by atoms with Gasteiger partial charge in [-0.25, -0.2) is 9.59 Å². The predicted octanol–water partition coefficient (Wildman–Crippen LogP) is 10.5. The normalized spacial score (nSPS) is 18.0. The molecule has 0 spiro atoms. The summed E-state index contributed by atoms with van der Waals surface area (Å²) >= 11 is 0. The summed E-state index contributed by atoms with van der Waals surface area (Å²) in [5.74, 6) is -0.0363. The van der Waals surface area contributed by atoms with Gasteiger partial charge in [-0.2, -0.15) is 0 Å². The number of methoxy groups -OCH3 is 1. The topological polar surface area (TPSA) is 137 Å². The molecule has 8 aromatic rings. The Hall–Kier alpha value is -5.66. The minimum atomic E-state index is -0.853. The van der Waals surface area contributed by atoms with Gasteiger partial charge in [-0.05, 0) is 123 Å². The van der Waals surface area contributed by atoms with Crippen LogP contribution in [0.5, 0.6) is 0 Å². The third kappa shape index (κ3) is 9.05. The molecule has 14 rings (SSSR count). The van der Waals surface area contributed by atoms with Crippen LogP contribution in [0.2, 0.25) is 0 Å². The molecule has 2 fully saturated rings. The fourth-order valence-corrected chi connectivity index (χ4v) is 14.3. The summed E-state index contributed by atoms with van der Waals surface area (Å²) in [6, 6.07) is 25.8. The van der Waals surface area contributed by atoms with E-state index in [1.165, 1.54) is 165 Å². The number of benzene rings is 4. The summed E-state index contributed by atoms with van der Waals surface area (Å²) in [5.41, 5.74) is 20.0. The fraction of sp³-hybridized carbons (Fsp3) is 0.397. The number of carboxylic acids is 1. The zero-order valence-corrected chi connectivity index (χ0v) is 45.9. The summed E-state index contributed by atoms with van der Waals surface area (Å²) in [4.78, 5) is 24.4. The Morgan fingerprint density at radius 1 is 0.560 bits per heavy atom. The van der Waals surface area contributed by atoms with E-state index in [2.05, 4.69) is 108 Å². The molecule has 2 saturated carbocycles. The molecule has 11 nitrogen and oxygen atoms in total. The van der Waals surface area contributed by atoms with Crippen molar-refractivity contribution in [3.8, 4) is 22.5 Å². The number of hydrogen-bond donors (Lipinski definition) is 3. The van der Waals surface area contributed by atoms with Crippen molar-refractivity contribution in [3.63, 3.8) is 0 Å². The number of aryl methyl sites for hydroxylation is 4. The van der Waals surface area contributed by atoms with Crippen LogP contribution in [0.3, 0.4) is 0 Å². The number of aromatic carboxylic acids is 1. The Balaban J connectivity index is 0.000000156. The molecule has 0 saturated heterocycles. The van der Waals surface area contributed by atoms with Gasteiger partial charge in [-0.15, -0.1) is 0 Å². The van der Waals surface area contributed by atoms with Crippen molar-refractivity contribution in [2.24, 2.45) is 0 Å². The second-order valence-electron chi connectivity index (χ2n) is 21.7. The Kier molecular flexibility index (Phi) is 14.9. The van der Waals surface area contributed by atoms with Gasteiger partial charge in [-0.1, -0.05) is 99.2 Å². The van der Waals surface area contributed by atoms with Gasteiger partial charge in [0, 0.05) is 106 Å². The number of aromatic nitrogens is 4. The molecule has 75 heavy (non-hydrogen) atoms. The van der Waals surface area contributed by atoms with Gasteiger partial charge in [0.05, 0.1) is 40.7 Å². The fourth-order valence-electron chi connectivity index (χ4n) is 14.3. The van der Waals surface area contributed by atoms with Crippen molar-refractivity contribution in [2.75, 3.05) is 33.3 Å². The molecule has 6 aliphatic rings. The average Bonchev–Trinajstić information content (AvgIpc) is 4.20. The smallest absolute Gasteiger partial charge is 0.870 e. The van der Waals surface area contributed by atoms with Gasteiger partial charge in [-0.3, -0.25) is 0 Å². The molecule has 4 aliphatic heterocycles. The van der Waals surface area contributed by atoms with E-state index in [1.807, 2.05) is 12.1 Å². The van der Waals surface area contributed by atoms with Crippen molar-refractivity contribution in [3.05, 3.63) is 131 Å². The molecular formula is C63H69N6NaO5. The van der Waals surface area contributed by atoms with E-state index in [9.17, 15) is 14.7 Å². The number of carbonyl (C=O) groups is 2. The molecule has 12 heteroatoms. The van der Waals surface area contributed by atoms with Crippen LogP contribution in [0.1, 0.15) is 145 Å². The number of carboxylic acid groups (broad SMARTS) is 1. The molecular weight excluding hydrogens is 944 g/mol. The first-order valence-electron chi connectivity index (χ1n) is 27.6. The molecule has 0 unspecified atom stereocenters. The second-order valence-corrected chi connectivity index (χ2v) is 21.7. The SMILES string of the molecule is COC(=O)c1ccc2c(C3CCCCC3)c3n(c2c1)CCCn1cc(C2=CCNCC2)c2cccc-3c21.O=C(O)c1ccc2c(C3CCCCC3)c3n(c2c1)CCCn1cc(C2=CCNCC2)c2cccc-3c21.[Na+].[OH-]. The Labute approximate surface area is 461 Å². The second kappa shape index (κ2) is 21.8. The zero-order valence-electron chi connectivity index (χ0n) is 43.9.